The Morgan fingerprint density at radius 2 is 1.86 bits per heavy atom. The van der Waals surface area contributed by atoms with Crippen molar-refractivity contribution in [2.45, 2.75) is 12.5 Å². The van der Waals surface area contributed by atoms with E-state index in [2.05, 4.69) is 9.97 Å². The number of hydrogen-bond acceptors (Lipinski definition) is 6. The lowest BCUT2D eigenvalue weighted by atomic mass is 10.0. The highest BCUT2D eigenvalue weighted by Gasteiger charge is 2.40. The molecule has 1 fully saturated rings. The van der Waals surface area contributed by atoms with Crippen LogP contribution in [0.2, 0.25) is 0 Å². The number of carbonyl (C=O) groups excluding carboxylic acids is 1. The second-order valence-corrected chi connectivity index (χ2v) is 8.08. The van der Waals surface area contributed by atoms with Gasteiger partial charge in [0.15, 0.2) is 0 Å². The van der Waals surface area contributed by atoms with Gasteiger partial charge >= 0.3 is 5.97 Å². The van der Waals surface area contributed by atoms with Crippen molar-refractivity contribution >= 4 is 57.3 Å². The Morgan fingerprint density at radius 1 is 1.14 bits per heavy atom. The standard InChI is InChI=1S/C21H15N3O3S2/c25-19-18(12-14-6-7-15-16(10-14)23-9-8-22-15)29-21(28)24(19)17(20(26)27)11-13-4-2-1-3-5-13/h1-10,12,17H,11H2,(H,26,27)/b18-12-. The van der Waals surface area contributed by atoms with Crippen molar-refractivity contribution in [3.05, 3.63) is 77.0 Å². The molecule has 144 valence electrons. The fourth-order valence-electron chi connectivity index (χ4n) is 3.10. The topological polar surface area (TPSA) is 83.4 Å². The van der Waals surface area contributed by atoms with Gasteiger partial charge in [-0.1, -0.05) is 60.4 Å². The molecule has 4 rings (SSSR count). The maximum atomic E-state index is 13.0. The van der Waals surface area contributed by atoms with Gasteiger partial charge < -0.3 is 5.11 Å². The first-order valence-electron chi connectivity index (χ1n) is 8.77. The molecule has 1 atom stereocenters. The lowest BCUT2D eigenvalue weighted by Crippen LogP contribution is -2.45. The molecule has 6 nitrogen and oxygen atoms in total. The molecule has 3 aromatic rings. The number of thioether (sulfide) groups is 1. The van der Waals surface area contributed by atoms with Crippen molar-refractivity contribution < 1.29 is 14.7 Å². The van der Waals surface area contributed by atoms with Crippen LogP contribution in [0.3, 0.4) is 0 Å². The molecule has 0 radical (unpaired) electrons. The predicted octanol–water partition coefficient (Wildman–Crippen LogP) is 3.53. The van der Waals surface area contributed by atoms with Gasteiger partial charge in [-0.05, 0) is 29.3 Å². The van der Waals surface area contributed by atoms with Crippen molar-refractivity contribution in [1.29, 1.82) is 0 Å². The summed E-state index contributed by atoms with van der Waals surface area (Å²) in [6, 6.07) is 13.6. The molecule has 1 amide bonds. The summed E-state index contributed by atoms with van der Waals surface area (Å²) in [5.74, 6) is -1.49. The van der Waals surface area contributed by atoms with Crippen LogP contribution < -0.4 is 0 Å². The fourth-order valence-corrected chi connectivity index (χ4v) is 4.45. The van der Waals surface area contributed by atoms with Gasteiger partial charge in [-0.3, -0.25) is 19.7 Å². The maximum Gasteiger partial charge on any atom is 0.327 e. The molecule has 1 aromatic heterocycles. The van der Waals surface area contributed by atoms with Gasteiger partial charge in [-0.2, -0.15) is 0 Å². The third kappa shape index (κ3) is 4.03. The summed E-state index contributed by atoms with van der Waals surface area (Å²) in [4.78, 5) is 34.9. The van der Waals surface area contributed by atoms with Crippen LogP contribution in [0.5, 0.6) is 0 Å². The smallest absolute Gasteiger partial charge is 0.327 e. The van der Waals surface area contributed by atoms with E-state index in [0.29, 0.717) is 10.4 Å². The summed E-state index contributed by atoms with van der Waals surface area (Å²) in [6.07, 6.45) is 5.11. The van der Waals surface area contributed by atoms with Crippen LogP contribution in [0.4, 0.5) is 0 Å². The van der Waals surface area contributed by atoms with E-state index < -0.39 is 17.9 Å². The van der Waals surface area contributed by atoms with E-state index in [4.69, 9.17) is 12.2 Å². The molecular weight excluding hydrogens is 406 g/mol. The third-order valence-corrected chi connectivity index (χ3v) is 5.81. The zero-order chi connectivity index (χ0) is 20.4. The zero-order valence-electron chi connectivity index (χ0n) is 15.1. The number of carboxylic acids is 1. The molecule has 1 aliphatic heterocycles. The summed E-state index contributed by atoms with van der Waals surface area (Å²) in [7, 11) is 0. The van der Waals surface area contributed by atoms with Crippen LogP contribution in [0.15, 0.2) is 65.8 Å². The van der Waals surface area contributed by atoms with E-state index >= 15 is 0 Å². The van der Waals surface area contributed by atoms with Crippen LogP contribution in [-0.4, -0.2) is 42.2 Å². The number of benzene rings is 2. The summed E-state index contributed by atoms with van der Waals surface area (Å²) < 4.78 is 0.241. The maximum absolute atomic E-state index is 13.0. The minimum absolute atomic E-state index is 0.182. The molecule has 1 aliphatic rings. The Kier molecular flexibility index (Phi) is 5.37. The highest BCUT2D eigenvalue weighted by atomic mass is 32.2. The summed E-state index contributed by atoms with van der Waals surface area (Å²) in [5, 5.41) is 9.73. The number of hydrogen-bond donors (Lipinski definition) is 1. The number of fused-ring (bicyclic) bond motifs is 1. The Balaban J connectivity index is 1.62. The molecule has 1 unspecified atom stereocenters. The lowest BCUT2D eigenvalue weighted by Gasteiger charge is -2.23. The Labute approximate surface area is 176 Å². The largest absolute Gasteiger partial charge is 0.480 e. The number of aromatic nitrogens is 2. The monoisotopic (exact) mass is 421 g/mol. The molecule has 29 heavy (non-hydrogen) atoms. The van der Waals surface area contributed by atoms with Gasteiger partial charge in [0.1, 0.15) is 10.4 Å². The first kappa shape index (κ1) is 19.2. The van der Waals surface area contributed by atoms with Crippen LogP contribution in [-0.2, 0) is 16.0 Å². The second kappa shape index (κ2) is 8.10. The number of carboxylic acid groups (broad SMARTS) is 1. The highest BCUT2D eigenvalue weighted by molar-refractivity contribution is 8.26. The second-order valence-electron chi connectivity index (χ2n) is 6.40. The fraction of sp³-hybridized carbons (Fsp3) is 0.0952. The van der Waals surface area contributed by atoms with Crippen molar-refractivity contribution in [1.82, 2.24) is 14.9 Å². The summed E-state index contributed by atoms with van der Waals surface area (Å²) in [6.45, 7) is 0. The minimum atomic E-state index is -1.09. The van der Waals surface area contributed by atoms with Gasteiger partial charge in [-0.25, -0.2) is 4.79 Å². The van der Waals surface area contributed by atoms with Crippen LogP contribution in [0.1, 0.15) is 11.1 Å². The van der Waals surface area contributed by atoms with E-state index in [1.54, 1.807) is 18.5 Å². The van der Waals surface area contributed by atoms with E-state index in [0.717, 1.165) is 28.4 Å². The van der Waals surface area contributed by atoms with E-state index in [9.17, 15) is 14.7 Å². The average Bonchev–Trinajstić information content (AvgIpc) is 2.99. The first-order valence-corrected chi connectivity index (χ1v) is 10.00. The predicted molar refractivity (Wildman–Crippen MR) is 116 cm³/mol. The van der Waals surface area contributed by atoms with Crippen LogP contribution in [0, 0.1) is 0 Å². The van der Waals surface area contributed by atoms with Crippen LogP contribution >= 0.6 is 24.0 Å². The molecule has 8 heteroatoms. The molecule has 2 heterocycles. The summed E-state index contributed by atoms with van der Waals surface area (Å²) >= 11 is 6.45. The minimum Gasteiger partial charge on any atom is -0.480 e. The molecular formula is C21H15N3O3S2. The number of carbonyl (C=O) groups is 2. The van der Waals surface area contributed by atoms with Crippen LogP contribution in [0.25, 0.3) is 17.1 Å². The van der Waals surface area contributed by atoms with Crippen molar-refractivity contribution in [2.24, 2.45) is 0 Å². The molecule has 1 saturated heterocycles. The molecule has 1 N–H and O–H groups in total. The quantitative estimate of drug-likeness (QED) is 0.498. The number of rotatable bonds is 5. The zero-order valence-corrected chi connectivity index (χ0v) is 16.7. The third-order valence-electron chi connectivity index (χ3n) is 4.48. The van der Waals surface area contributed by atoms with E-state index in [1.807, 2.05) is 48.5 Å². The van der Waals surface area contributed by atoms with Gasteiger partial charge in [-0.15, -0.1) is 0 Å². The normalized spacial score (nSPS) is 16.6. The van der Waals surface area contributed by atoms with Crippen molar-refractivity contribution in [3.63, 3.8) is 0 Å². The van der Waals surface area contributed by atoms with E-state index in [1.165, 1.54) is 4.90 Å². The van der Waals surface area contributed by atoms with E-state index in [-0.39, 0.29) is 10.7 Å². The first-order chi connectivity index (χ1) is 14.0. The number of aliphatic carboxylic acids is 1. The molecule has 2 aromatic carbocycles. The van der Waals surface area contributed by atoms with Crippen molar-refractivity contribution in [2.75, 3.05) is 0 Å². The molecule has 0 aliphatic carbocycles. The van der Waals surface area contributed by atoms with Gasteiger partial charge in [0, 0.05) is 18.8 Å². The number of nitrogens with zero attached hydrogens (tertiary/aromatic N) is 3. The SMILES string of the molecule is O=C(O)C(Cc1ccccc1)N1C(=O)/C(=C/c2ccc3nccnc3c2)SC1=S. The lowest BCUT2D eigenvalue weighted by molar-refractivity contribution is -0.145. The molecule has 0 saturated carbocycles. The Hall–Kier alpha value is -3.10. The summed E-state index contributed by atoms with van der Waals surface area (Å²) in [5.41, 5.74) is 3.06. The molecule has 0 spiro atoms. The Morgan fingerprint density at radius 3 is 2.59 bits per heavy atom. The van der Waals surface area contributed by atoms with Crippen molar-refractivity contribution in [3.8, 4) is 0 Å². The number of amides is 1. The van der Waals surface area contributed by atoms with Gasteiger partial charge in [0.05, 0.1) is 15.9 Å². The number of thiocarbonyl (C=S) groups is 1. The Bertz CT molecular complexity index is 1150. The highest BCUT2D eigenvalue weighted by Crippen LogP contribution is 2.35. The molecule has 0 bridgehead atoms. The van der Waals surface area contributed by atoms with Gasteiger partial charge in [0.2, 0.25) is 0 Å². The van der Waals surface area contributed by atoms with Gasteiger partial charge in [0.25, 0.3) is 5.91 Å². The average molecular weight is 422 g/mol.